The van der Waals surface area contributed by atoms with Crippen molar-refractivity contribution in [1.82, 2.24) is 10.3 Å². The number of hydrogen-bond acceptors (Lipinski definition) is 2. The minimum absolute atomic E-state index is 0.00931. The van der Waals surface area contributed by atoms with Gasteiger partial charge in [0.1, 0.15) is 5.69 Å². The van der Waals surface area contributed by atoms with E-state index in [0.29, 0.717) is 19.4 Å². The van der Waals surface area contributed by atoms with Crippen molar-refractivity contribution < 1.29 is 8.78 Å². The average molecular weight is 368 g/mol. The summed E-state index contributed by atoms with van der Waals surface area (Å²) < 4.78 is 26.6. The first-order valence-corrected chi connectivity index (χ1v) is 9.60. The molecular weight excluding hydrogens is 342 g/mol. The van der Waals surface area contributed by atoms with Crippen LogP contribution in [0.4, 0.5) is 8.78 Å². The molecule has 0 amide bonds. The highest BCUT2D eigenvalue weighted by Crippen LogP contribution is 2.36. The fourth-order valence-corrected chi connectivity index (χ4v) is 3.62. The van der Waals surface area contributed by atoms with E-state index < -0.39 is 5.92 Å². The average Bonchev–Trinajstić information content (AvgIpc) is 2.65. The largest absolute Gasteiger partial charge is 0.385 e. The molecular formula is C23H26F2N2. The zero-order chi connectivity index (χ0) is 19.4. The first-order valence-electron chi connectivity index (χ1n) is 9.60. The van der Waals surface area contributed by atoms with Gasteiger partial charge in [-0.05, 0) is 55.4 Å². The fourth-order valence-electron chi connectivity index (χ4n) is 3.62. The fraction of sp³-hybridized carbons (Fsp3) is 0.435. The quantitative estimate of drug-likeness (QED) is 0.701. The molecule has 142 valence electrons. The first kappa shape index (κ1) is 19.4. The zero-order valence-corrected chi connectivity index (χ0v) is 16.0. The van der Waals surface area contributed by atoms with Crippen molar-refractivity contribution in [2.45, 2.75) is 51.9 Å². The van der Waals surface area contributed by atoms with Crippen LogP contribution in [0.15, 0.2) is 30.8 Å². The molecule has 0 saturated heterocycles. The van der Waals surface area contributed by atoms with Crippen LogP contribution in [0.3, 0.4) is 0 Å². The lowest BCUT2D eigenvalue weighted by Crippen LogP contribution is -2.30. The van der Waals surface area contributed by atoms with Crippen molar-refractivity contribution in [1.29, 1.82) is 0 Å². The summed E-state index contributed by atoms with van der Waals surface area (Å²) in [6.45, 7) is 8.95. The molecule has 1 aliphatic rings. The standard InChI is InChI=1S/C23H26F2N2/c1-4-5-6-19-8-9-20-21(27-19)10-7-16(2)22(20)17(3)26-15-18-11-13-23(24,25)14-12-18/h7-10,18,26H,3-4,11-15H2,1-2H3. The molecule has 0 spiro atoms. The van der Waals surface area contributed by atoms with Gasteiger partial charge in [0.15, 0.2) is 0 Å². The van der Waals surface area contributed by atoms with Crippen molar-refractivity contribution in [3.63, 3.8) is 0 Å². The molecule has 1 fully saturated rings. The Hall–Kier alpha value is -2.41. The van der Waals surface area contributed by atoms with Gasteiger partial charge in [0.2, 0.25) is 5.92 Å². The number of fused-ring (bicyclic) bond motifs is 1. The van der Waals surface area contributed by atoms with E-state index in [1.807, 2.05) is 38.1 Å². The number of halogens is 2. The van der Waals surface area contributed by atoms with Crippen LogP contribution in [-0.4, -0.2) is 17.5 Å². The van der Waals surface area contributed by atoms with E-state index in [0.717, 1.165) is 39.8 Å². The molecule has 2 aromatic rings. The summed E-state index contributed by atoms with van der Waals surface area (Å²) in [4.78, 5) is 4.64. The lowest BCUT2D eigenvalue weighted by Gasteiger charge is -2.29. The van der Waals surface area contributed by atoms with Crippen LogP contribution >= 0.6 is 0 Å². The molecule has 1 saturated carbocycles. The number of nitrogens with one attached hydrogen (secondary N) is 1. The minimum atomic E-state index is -2.48. The molecule has 27 heavy (non-hydrogen) atoms. The van der Waals surface area contributed by atoms with E-state index >= 15 is 0 Å². The highest BCUT2D eigenvalue weighted by molar-refractivity contribution is 5.92. The van der Waals surface area contributed by atoms with Crippen LogP contribution in [-0.2, 0) is 0 Å². The Labute approximate surface area is 160 Å². The molecule has 2 nitrogen and oxygen atoms in total. The summed E-state index contributed by atoms with van der Waals surface area (Å²) in [7, 11) is 0. The van der Waals surface area contributed by atoms with Crippen molar-refractivity contribution in [3.05, 3.63) is 47.7 Å². The summed E-state index contributed by atoms with van der Waals surface area (Å²) in [5.74, 6) is 3.90. The van der Waals surface area contributed by atoms with Crippen LogP contribution in [0.5, 0.6) is 0 Å². The number of benzene rings is 1. The van der Waals surface area contributed by atoms with Gasteiger partial charge >= 0.3 is 0 Å². The number of hydrogen-bond donors (Lipinski definition) is 1. The van der Waals surface area contributed by atoms with Gasteiger partial charge in [0, 0.05) is 42.5 Å². The second-order valence-electron chi connectivity index (χ2n) is 7.33. The summed E-state index contributed by atoms with van der Waals surface area (Å²) in [5.41, 5.74) is 4.63. The van der Waals surface area contributed by atoms with Crippen LogP contribution in [0.1, 0.15) is 55.8 Å². The van der Waals surface area contributed by atoms with Crippen molar-refractivity contribution in [2.24, 2.45) is 5.92 Å². The monoisotopic (exact) mass is 368 g/mol. The molecule has 0 aliphatic heterocycles. The minimum Gasteiger partial charge on any atom is -0.385 e. The number of aryl methyl sites for hydroxylation is 1. The lowest BCUT2D eigenvalue weighted by atomic mass is 9.86. The highest BCUT2D eigenvalue weighted by atomic mass is 19.3. The topological polar surface area (TPSA) is 24.9 Å². The van der Waals surface area contributed by atoms with Crippen LogP contribution in [0, 0.1) is 24.7 Å². The Balaban J connectivity index is 1.76. The third-order valence-corrected chi connectivity index (χ3v) is 5.22. The van der Waals surface area contributed by atoms with Gasteiger partial charge in [0.05, 0.1) is 5.52 Å². The normalized spacial score (nSPS) is 16.6. The SMILES string of the molecule is C=C(NCC1CCC(F)(F)CC1)c1c(C)ccc2nc(C#CCC)ccc12. The second kappa shape index (κ2) is 8.08. The van der Waals surface area contributed by atoms with Crippen LogP contribution in [0.25, 0.3) is 16.6 Å². The van der Waals surface area contributed by atoms with Gasteiger partial charge in [-0.3, -0.25) is 0 Å². The molecule has 0 radical (unpaired) electrons. The Morgan fingerprint density at radius 2 is 2.00 bits per heavy atom. The maximum absolute atomic E-state index is 13.3. The Morgan fingerprint density at radius 1 is 1.26 bits per heavy atom. The summed E-state index contributed by atoms with van der Waals surface area (Å²) in [6.07, 6.45) is 1.90. The number of pyridine rings is 1. The lowest BCUT2D eigenvalue weighted by molar-refractivity contribution is -0.0451. The number of nitrogens with zero attached hydrogens (tertiary/aromatic N) is 1. The number of aromatic nitrogens is 1. The molecule has 1 aromatic heterocycles. The van der Waals surface area contributed by atoms with E-state index in [1.165, 1.54) is 0 Å². The van der Waals surface area contributed by atoms with E-state index in [-0.39, 0.29) is 18.8 Å². The van der Waals surface area contributed by atoms with Gasteiger partial charge in [0.25, 0.3) is 0 Å². The second-order valence-corrected chi connectivity index (χ2v) is 7.33. The molecule has 4 heteroatoms. The summed E-state index contributed by atoms with van der Waals surface area (Å²) >= 11 is 0. The molecule has 1 heterocycles. The van der Waals surface area contributed by atoms with Gasteiger partial charge in [-0.15, -0.1) is 0 Å². The number of alkyl halides is 2. The zero-order valence-electron chi connectivity index (χ0n) is 16.0. The van der Waals surface area contributed by atoms with Gasteiger partial charge in [-0.25, -0.2) is 13.8 Å². The molecule has 0 atom stereocenters. The van der Waals surface area contributed by atoms with E-state index in [1.54, 1.807) is 0 Å². The van der Waals surface area contributed by atoms with Crippen molar-refractivity contribution in [3.8, 4) is 11.8 Å². The predicted octanol–water partition coefficient (Wildman–Crippen LogP) is 5.69. The Morgan fingerprint density at radius 3 is 2.70 bits per heavy atom. The van der Waals surface area contributed by atoms with E-state index in [4.69, 9.17) is 0 Å². The third-order valence-electron chi connectivity index (χ3n) is 5.22. The summed E-state index contributed by atoms with van der Waals surface area (Å²) in [6, 6.07) is 8.01. The van der Waals surface area contributed by atoms with Gasteiger partial charge in [-0.1, -0.05) is 25.5 Å². The van der Waals surface area contributed by atoms with E-state index in [2.05, 4.69) is 28.7 Å². The smallest absolute Gasteiger partial charge is 0.248 e. The molecule has 1 aromatic carbocycles. The Kier molecular flexibility index (Phi) is 5.79. The highest BCUT2D eigenvalue weighted by Gasteiger charge is 2.34. The molecule has 1 N–H and O–H groups in total. The predicted molar refractivity (Wildman–Crippen MR) is 108 cm³/mol. The molecule has 3 rings (SSSR count). The molecule has 0 unspecified atom stereocenters. The molecule has 0 bridgehead atoms. The van der Waals surface area contributed by atoms with Gasteiger partial charge < -0.3 is 5.32 Å². The molecule has 1 aliphatic carbocycles. The third kappa shape index (κ3) is 4.66. The number of rotatable bonds is 4. The maximum Gasteiger partial charge on any atom is 0.248 e. The van der Waals surface area contributed by atoms with Crippen LogP contribution in [0.2, 0.25) is 0 Å². The van der Waals surface area contributed by atoms with Crippen molar-refractivity contribution >= 4 is 16.6 Å². The summed E-state index contributed by atoms with van der Waals surface area (Å²) in [5, 5.41) is 4.41. The maximum atomic E-state index is 13.3. The Bertz CT molecular complexity index is 896. The van der Waals surface area contributed by atoms with Crippen molar-refractivity contribution in [2.75, 3.05) is 6.54 Å². The van der Waals surface area contributed by atoms with Crippen LogP contribution < -0.4 is 5.32 Å². The van der Waals surface area contributed by atoms with Gasteiger partial charge in [-0.2, -0.15) is 0 Å². The van der Waals surface area contributed by atoms with E-state index in [9.17, 15) is 8.78 Å². The first-order chi connectivity index (χ1) is 12.9.